The van der Waals surface area contributed by atoms with E-state index < -0.39 is 17.0 Å². The molecular weight excluding hydrogens is 839 g/mol. The van der Waals surface area contributed by atoms with Crippen molar-refractivity contribution in [1.29, 1.82) is 0 Å². The second kappa shape index (κ2) is 12.1. The number of allylic oxidation sites excluding steroid dienone is 2. The zero-order valence-corrected chi connectivity index (χ0v) is 26.8. The van der Waals surface area contributed by atoms with E-state index in [1.54, 1.807) is 7.11 Å². The second-order valence-corrected chi connectivity index (χ2v) is 6.27. The number of fused-ring (bicyclic) bond motifs is 1. The molecule has 2 rings (SSSR count). The first-order valence-electron chi connectivity index (χ1n) is 8.71. The van der Waals surface area contributed by atoms with Gasteiger partial charge >= 0.3 is 5.97 Å². The number of esters is 2. The Kier molecular flexibility index (Phi) is 10.7. The number of hydrogen-bond donors (Lipinski definition) is 0. The molecule has 167 valence electrons. The molecule has 1 aromatic carbocycles. The predicted octanol–water partition coefficient (Wildman–Crippen LogP) is 2.82. The van der Waals surface area contributed by atoms with Gasteiger partial charge in [-0.1, -0.05) is 11.6 Å². The Hall–Kier alpha value is -3.64. The quantitative estimate of drug-likeness (QED) is 0.115. The van der Waals surface area contributed by atoms with Gasteiger partial charge in [0.2, 0.25) is 0 Å². The smallest absolute Gasteiger partial charge is 0.342 e. The topological polar surface area (TPSA) is 123 Å². The third kappa shape index (κ3) is 6.42. The Morgan fingerprint density at radius 3 is 2.48 bits per heavy atom. The average Bonchev–Trinajstić information content (AvgIpc) is 3.06. The van der Waals surface area contributed by atoms with E-state index in [9.17, 15) is 19.7 Å². The van der Waals surface area contributed by atoms with Gasteiger partial charge in [-0.05, 0) is 32.3 Å². The molecule has 1 radical (unpaired) electrons. The minimum absolute atomic E-state index is 0. The van der Waals surface area contributed by atoms with Gasteiger partial charge in [0.15, 0.2) is 0 Å². The van der Waals surface area contributed by atoms with Crippen LogP contribution in [0.25, 0.3) is 0 Å². The largest absolute Gasteiger partial charge is 0.611 e. The van der Waals surface area contributed by atoms with Crippen LogP contribution in [0.2, 0.25) is 0 Å². The van der Waals surface area contributed by atoms with Crippen LogP contribution in [0.5, 0.6) is 11.5 Å². The minimum Gasteiger partial charge on any atom is -0.611 e. The molecule has 1 aliphatic rings. The fourth-order valence-electron chi connectivity index (χ4n) is 3.08. The van der Waals surface area contributed by atoms with Gasteiger partial charge in [0.25, 0.3) is 11.1 Å². The normalized spacial score (nSPS) is 12.0. The summed E-state index contributed by atoms with van der Waals surface area (Å²) in [5.74, 6) is -0.0554. The molecule has 0 amide bonds. The Balaban J connectivity index is 0.00000450. The summed E-state index contributed by atoms with van der Waals surface area (Å²) in [7, 11) is 3.03. The Bertz CT molecular complexity index is 858. The summed E-state index contributed by atoms with van der Waals surface area (Å²) in [5, 5.41) is 8.90. The number of carbonyl (C=O) groups is 2. The minimum atomic E-state index is -1.09. The SMILES string of the molecule is COc1c(C)c2c(c(OC)c1C/C=C(\C)CCC(=O)O[CH-]O[N+](=O)[O-])C(=O)OC2.[Re].[Rf]. The van der Waals surface area contributed by atoms with Crippen LogP contribution in [-0.4, -0.2) is 31.2 Å². The summed E-state index contributed by atoms with van der Waals surface area (Å²) >= 11 is 0. The molecular formula is C19H22NO9ReRf-. The summed E-state index contributed by atoms with van der Waals surface area (Å²) < 4.78 is 20.7. The number of hydrogen-bond acceptors (Lipinski definition) is 9. The number of cyclic esters (lactones) is 1. The molecule has 0 bridgehead atoms. The Morgan fingerprint density at radius 2 is 1.90 bits per heavy atom. The zero-order chi connectivity index (χ0) is 21.6. The molecule has 31 heavy (non-hydrogen) atoms. The third-order valence-electron chi connectivity index (χ3n) is 4.52. The van der Waals surface area contributed by atoms with Crippen molar-refractivity contribution >= 4 is 11.9 Å². The monoisotopic (exact) mass is 862 g/mol. The summed E-state index contributed by atoms with van der Waals surface area (Å²) in [6.07, 6.45) is 2.69. The Labute approximate surface area is 187 Å². The summed E-state index contributed by atoms with van der Waals surface area (Å²) in [5.41, 5.74) is 3.57. The van der Waals surface area contributed by atoms with E-state index in [1.165, 1.54) is 7.11 Å². The van der Waals surface area contributed by atoms with E-state index in [0.29, 0.717) is 42.3 Å². The van der Waals surface area contributed by atoms with Gasteiger partial charge in [-0.25, -0.2) is 4.79 Å². The van der Waals surface area contributed by atoms with Crippen LogP contribution in [0.3, 0.4) is 0 Å². The molecule has 1 aromatic rings. The van der Waals surface area contributed by atoms with Crippen molar-refractivity contribution < 1.29 is 58.9 Å². The van der Waals surface area contributed by atoms with Crippen molar-refractivity contribution in [1.82, 2.24) is 0 Å². The third-order valence-corrected chi connectivity index (χ3v) is 4.52. The molecule has 10 nitrogen and oxygen atoms in total. The van der Waals surface area contributed by atoms with Crippen molar-refractivity contribution in [3.63, 3.8) is 0 Å². The van der Waals surface area contributed by atoms with Crippen LogP contribution in [0, 0.1) is 23.8 Å². The Morgan fingerprint density at radius 1 is 1.26 bits per heavy atom. The molecule has 0 unspecified atom stereocenters. The molecule has 0 atom stereocenters. The van der Waals surface area contributed by atoms with Crippen molar-refractivity contribution in [2.24, 2.45) is 0 Å². The van der Waals surface area contributed by atoms with Gasteiger partial charge in [0.05, 0.1) is 14.2 Å². The molecule has 0 N–H and O–H groups in total. The van der Waals surface area contributed by atoms with Crippen LogP contribution < -0.4 is 9.47 Å². The molecule has 0 aromatic heterocycles. The second-order valence-electron chi connectivity index (χ2n) is 6.27. The van der Waals surface area contributed by atoms with Crippen molar-refractivity contribution in [2.45, 2.75) is 39.7 Å². The molecule has 0 saturated carbocycles. The van der Waals surface area contributed by atoms with E-state index in [0.717, 1.165) is 16.7 Å². The first-order chi connectivity index (χ1) is 13.8. The molecule has 1 aliphatic heterocycles. The molecule has 0 spiro atoms. The standard InChI is InChI=1S/C19H22NO9.Re.Rf/c1-11(6-8-15(21)28-10-29-20(23)24)5-7-13-17(25-3)12(2)14-9-27-19(22)16(14)18(13)26-4;;/h5,10H,6-9H2,1-4H3;;/q-1;;/b11-5+;;. The fraction of sp³-hybridized carbons (Fsp3) is 0.421. The van der Waals surface area contributed by atoms with Gasteiger partial charge < -0.3 is 23.8 Å². The maximum Gasteiger partial charge on any atom is 0.342 e. The van der Waals surface area contributed by atoms with Crippen molar-refractivity contribution in [2.75, 3.05) is 14.2 Å². The predicted molar refractivity (Wildman–Crippen MR) is 98.6 cm³/mol. The van der Waals surface area contributed by atoms with Gasteiger partial charge in [-0.3, -0.25) is 4.79 Å². The zero-order valence-electron chi connectivity index (χ0n) is 17.7. The fourth-order valence-corrected chi connectivity index (χ4v) is 3.08. The molecule has 0 aliphatic carbocycles. The first-order valence-corrected chi connectivity index (χ1v) is 8.71. The van der Waals surface area contributed by atoms with E-state index in [1.807, 2.05) is 19.9 Å². The number of nitrogens with zero attached hydrogens (tertiary/aromatic N) is 1. The molecule has 1 heterocycles. The van der Waals surface area contributed by atoms with Gasteiger partial charge in [0, 0.05) is 44.8 Å². The van der Waals surface area contributed by atoms with Gasteiger partial charge in [0.1, 0.15) is 23.7 Å². The van der Waals surface area contributed by atoms with E-state index >= 15 is 0 Å². The summed E-state index contributed by atoms with van der Waals surface area (Å²) in [4.78, 5) is 37.5. The number of carbonyl (C=O) groups excluding carboxylic acids is 2. The maximum atomic E-state index is 12.1. The van der Waals surface area contributed by atoms with Crippen LogP contribution >= 0.6 is 0 Å². The molecule has 0 saturated heterocycles. The summed E-state index contributed by atoms with van der Waals surface area (Å²) in [6.45, 7) is 4.25. The average molecular weight is 862 g/mol. The number of methoxy groups -OCH3 is 2. The number of ether oxygens (including phenoxy) is 4. The van der Waals surface area contributed by atoms with Crippen molar-refractivity contribution in [3.05, 3.63) is 50.8 Å². The number of rotatable bonds is 10. The number of benzene rings is 1. The van der Waals surface area contributed by atoms with Gasteiger partial charge in [-0.2, -0.15) is 0 Å². The van der Waals surface area contributed by atoms with E-state index in [4.69, 9.17) is 14.2 Å². The van der Waals surface area contributed by atoms with Gasteiger partial charge in [-0.15, -0.1) is 10.1 Å². The van der Waals surface area contributed by atoms with Crippen molar-refractivity contribution in [3.8, 4) is 11.5 Å². The van der Waals surface area contributed by atoms with Crippen LogP contribution in [0.4, 0.5) is 0 Å². The van der Waals surface area contributed by atoms with Crippen LogP contribution in [0.1, 0.15) is 46.8 Å². The van der Waals surface area contributed by atoms with Crippen LogP contribution in [-0.2, 0) is 52.6 Å². The maximum absolute atomic E-state index is 12.1. The summed E-state index contributed by atoms with van der Waals surface area (Å²) in [6, 6.07) is 0. The van der Waals surface area contributed by atoms with Crippen LogP contribution in [0.15, 0.2) is 11.6 Å². The first kappa shape index (κ1) is 27.4. The van der Waals surface area contributed by atoms with E-state index in [2.05, 4.69) is 9.57 Å². The molecule has 0 fully saturated rings. The van der Waals surface area contributed by atoms with E-state index in [-0.39, 0.29) is 33.5 Å². The molecule has 12 heteroatoms.